The molecule has 1 fully saturated rings. The Labute approximate surface area is 167 Å². The van der Waals surface area contributed by atoms with Crippen LogP contribution < -0.4 is 0 Å². The zero-order valence-corrected chi connectivity index (χ0v) is 17.6. The third kappa shape index (κ3) is 5.32. The van der Waals surface area contributed by atoms with Crippen molar-refractivity contribution >= 4 is 17.0 Å². The number of amides is 1. The van der Waals surface area contributed by atoms with Crippen LogP contribution in [0.25, 0.3) is 11.1 Å². The Bertz CT molecular complexity index is 778. The van der Waals surface area contributed by atoms with Gasteiger partial charge in [-0.1, -0.05) is 13.8 Å². The lowest BCUT2D eigenvalue weighted by Gasteiger charge is -2.34. The number of nitrogens with zero attached hydrogens (tertiary/aromatic N) is 3. The monoisotopic (exact) mass is 387 g/mol. The number of carbonyl (C=O) groups excluding carboxylic acids is 1. The van der Waals surface area contributed by atoms with Crippen LogP contribution in [0.3, 0.4) is 0 Å². The maximum Gasteiger partial charge on any atom is 0.253 e. The van der Waals surface area contributed by atoms with E-state index < -0.39 is 0 Å². The van der Waals surface area contributed by atoms with Gasteiger partial charge in [0.15, 0.2) is 11.5 Å². The second-order valence-electron chi connectivity index (χ2n) is 8.36. The number of benzene rings is 1. The number of ether oxygens (including phenoxy) is 1. The Morgan fingerprint density at radius 3 is 2.79 bits per heavy atom. The lowest BCUT2D eigenvalue weighted by molar-refractivity contribution is 0.0736. The standard InChI is InChI=1S/C22H33N3O3/c1-16(2)14-25-10-7-17(8-11-25)15-24(3)22(26)18-5-6-19-20(13-18)28-21(23-19)9-12-27-4/h5-6,13,16-17H,7-12,14-15H2,1-4H3. The molecule has 0 atom stereocenters. The van der Waals surface area contributed by atoms with Crippen molar-refractivity contribution in [3.63, 3.8) is 0 Å². The molecule has 1 aromatic carbocycles. The van der Waals surface area contributed by atoms with Gasteiger partial charge in [0.25, 0.3) is 5.91 Å². The third-order valence-electron chi connectivity index (χ3n) is 5.41. The van der Waals surface area contributed by atoms with Crippen LogP contribution in [0.5, 0.6) is 0 Å². The molecule has 1 amide bonds. The van der Waals surface area contributed by atoms with E-state index in [4.69, 9.17) is 9.15 Å². The average Bonchev–Trinajstić information content (AvgIpc) is 3.08. The number of piperidine rings is 1. The first-order valence-electron chi connectivity index (χ1n) is 10.3. The highest BCUT2D eigenvalue weighted by Gasteiger charge is 2.23. The molecule has 6 heteroatoms. The molecule has 0 aliphatic carbocycles. The van der Waals surface area contributed by atoms with E-state index in [1.807, 2.05) is 30.1 Å². The number of aromatic nitrogens is 1. The quantitative estimate of drug-likeness (QED) is 0.694. The van der Waals surface area contributed by atoms with Crippen LogP contribution in [0.4, 0.5) is 0 Å². The topological polar surface area (TPSA) is 58.8 Å². The highest BCUT2D eigenvalue weighted by Crippen LogP contribution is 2.22. The minimum absolute atomic E-state index is 0.0429. The number of fused-ring (bicyclic) bond motifs is 1. The van der Waals surface area contributed by atoms with Crippen molar-refractivity contribution in [3.05, 3.63) is 29.7 Å². The molecule has 0 N–H and O–H groups in total. The summed E-state index contributed by atoms with van der Waals surface area (Å²) in [4.78, 5) is 21.7. The molecule has 0 bridgehead atoms. The number of hydrogen-bond acceptors (Lipinski definition) is 5. The fraction of sp³-hybridized carbons (Fsp3) is 0.636. The maximum atomic E-state index is 12.9. The molecular weight excluding hydrogens is 354 g/mol. The van der Waals surface area contributed by atoms with E-state index in [9.17, 15) is 4.79 Å². The first-order chi connectivity index (χ1) is 13.5. The van der Waals surface area contributed by atoms with Crippen molar-refractivity contribution in [2.75, 3.05) is 46.9 Å². The molecule has 3 rings (SSSR count). The molecular formula is C22H33N3O3. The smallest absolute Gasteiger partial charge is 0.253 e. The van der Waals surface area contributed by atoms with E-state index in [1.165, 1.54) is 6.54 Å². The number of hydrogen-bond donors (Lipinski definition) is 0. The van der Waals surface area contributed by atoms with Gasteiger partial charge in [0, 0.05) is 39.2 Å². The van der Waals surface area contributed by atoms with Crippen LogP contribution in [-0.4, -0.2) is 67.6 Å². The first-order valence-corrected chi connectivity index (χ1v) is 10.3. The zero-order valence-electron chi connectivity index (χ0n) is 17.6. The number of methoxy groups -OCH3 is 1. The normalized spacial score (nSPS) is 16.2. The minimum Gasteiger partial charge on any atom is -0.441 e. The predicted octanol–water partition coefficient (Wildman–Crippen LogP) is 3.46. The maximum absolute atomic E-state index is 12.9. The van der Waals surface area contributed by atoms with Crippen molar-refractivity contribution in [1.82, 2.24) is 14.8 Å². The second-order valence-corrected chi connectivity index (χ2v) is 8.36. The molecule has 0 saturated carbocycles. The number of oxazole rings is 1. The average molecular weight is 388 g/mol. The molecule has 28 heavy (non-hydrogen) atoms. The summed E-state index contributed by atoms with van der Waals surface area (Å²) in [5.74, 6) is 1.97. The zero-order chi connectivity index (χ0) is 20.1. The summed E-state index contributed by atoms with van der Waals surface area (Å²) in [6, 6.07) is 5.51. The summed E-state index contributed by atoms with van der Waals surface area (Å²) in [6.07, 6.45) is 2.95. The van der Waals surface area contributed by atoms with Gasteiger partial charge in [-0.3, -0.25) is 4.79 Å². The van der Waals surface area contributed by atoms with Crippen molar-refractivity contribution in [3.8, 4) is 0 Å². The van der Waals surface area contributed by atoms with Crippen molar-refractivity contribution in [2.45, 2.75) is 33.1 Å². The van der Waals surface area contributed by atoms with E-state index >= 15 is 0 Å². The highest BCUT2D eigenvalue weighted by atomic mass is 16.5. The summed E-state index contributed by atoms with van der Waals surface area (Å²) in [5.41, 5.74) is 2.09. The van der Waals surface area contributed by atoms with Gasteiger partial charge in [0.2, 0.25) is 0 Å². The lowest BCUT2D eigenvalue weighted by atomic mass is 9.95. The number of rotatable bonds is 8. The van der Waals surface area contributed by atoms with Gasteiger partial charge in [-0.25, -0.2) is 4.98 Å². The summed E-state index contributed by atoms with van der Waals surface area (Å²) in [5, 5.41) is 0. The van der Waals surface area contributed by atoms with E-state index in [0.717, 1.165) is 38.0 Å². The fourth-order valence-electron chi connectivity index (χ4n) is 3.96. The number of likely N-dealkylation sites (tertiary alicyclic amines) is 1. The van der Waals surface area contributed by atoms with Gasteiger partial charge in [-0.15, -0.1) is 0 Å². The van der Waals surface area contributed by atoms with E-state index in [1.54, 1.807) is 7.11 Å². The van der Waals surface area contributed by atoms with E-state index in [2.05, 4.69) is 23.7 Å². The van der Waals surface area contributed by atoms with Crippen LogP contribution >= 0.6 is 0 Å². The highest BCUT2D eigenvalue weighted by molar-refractivity contribution is 5.96. The number of carbonyl (C=O) groups is 1. The van der Waals surface area contributed by atoms with Crippen molar-refractivity contribution in [1.29, 1.82) is 0 Å². The molecule has 1 saturated heterocycles. The van der Waals surface area contributed by atoms with Gasteiger partial charge in [0.1, 0.15) is 5.52 Å². The minimum atomic E-state index is 0.0429. The molecule has 1 aliphatic heterocycles. The first kappa shape index (κ1) is 20.8. The molecule has 0 spiro atoms. The Kier molecular flexibility index (Phi) is 7.08. The molecule has 154 valence electrons. The Morgan fingerprint density at radius 2 is 2.11 bits per heavy atom. The van der Waals surface area contributed by atoms with Gasteiger partial charge in [-0.05, 0) is 56.0 Å². The molecule has 2 heterocycles. The molecule has 1 aliphatic rings. The van der Waals surface area contributed by atoms with Crippen LogP contribution in [0.15, 0.2) is 22.6 Å². The molecule has 1 aromatic heterocycles. The SMILES string of the molecule is COCCc1nc2ccc(C(=O)N(C)CC3CCN(CC(C)C)CC3)cc2o1. The van der Waals surface area contributed by atoms with E-state index in [-0.39, 0.29) is 5.91 Å². The van der Waals surface area contributed by atoms with Gasteiger partial charge in [-0.2, -0.15) is 0 Å². The Hall–Kier alpha value is -1.92. The van der Waals surface area contributed by atoms with Gasteiger partial charge in [0.05, 0.1) is 6.61 Å². The Balaban J connectivity index is 1.57. The molecule has 0 radical (unpaired) electrons. The van der Waals surface area contributed by atoms with E-state index in [0.29, 0.717) is 41.9 Å². The van der Waals surface area contributed by atoms with Crippen LogP contribution in [0, 0.1) is 11.8 Å². The van der Waals surface area contributed by atoms with Crippen molar-refractivity contribution < 1.29 is 13.9 Å². The van der Waals surface area contributed by atoms with Crippen LogP contribution in [0.2, 0.25) is 0 Å². The lowest BCUT2D eigenvalue weighted by Crippen LogP contribution is -2.40. The summed E-state index contributed by atoms with van der Waals surface area (Å²) in [6.45, 7) is 9.36. The predicted molar refractivity (Wildman–Crippen MR) is 111 cm³/mol. The van der Waals surface area contributed by atoms with Crippen molar-refractivity contribution in [2.24, 2.45) is 11.8 Å². The van der Waals surface area contributed by atoms with Gasteiger partial charge >= 0.3 is 0 Å². The molecule has 0 unspecified atom stereocenters. The molecule has 2 aromatic rings. The largest absolute Gasteiger partial charge is 0.441 e. The third-order valence-corrected chi connectivity index (χ3v) is 5.41. The van der Waals surface area contributed by atoms with Gasteiger partial charge < -0.3 is 19.0 Å². The summed E-state index contributed by atoms with van der Waals surface area (Å²) in [7, 11) is 3.56. The van der Waals surface area contributed by atoms with Crippen LogP contribution in [-0.2, 0) is 11.2 Å². The Morgan fingerprint density at radius 1 is 1.36 bits per heavy atom. The van der Waals surface area contributed by atoms with Crippen LogP contribution in [0.1, 0.15) is 42.9 Å². The summed E-state index contributed by atoms with van der Waals surface area (Å²) < 4.78 is 10.8. The summed E-state index contributed by atoms with van der Waals surface area (Å²) >= 11 is 0. The fourth-order valence-corrected chi connectivity index (χ4v) is 3.96. The second kappa shape index (κ2) is 9.52. The molecule has 6 nitrogen and oxygen atoms in total.